The van der Waals surface area contributed by atoms with E-state index in [-0.39, 0.29) is 22.5 Å². The van der Waals surface area contributed by atoms with Gasteiger partial charge in [-0.15, -0.1) is 11.3 Å². The van der Waals surface area contributed by atoms with E-state index in [0.29, 0.717) is 54.6 Å². The minimum atomic E-state index is -1.34. The minimum absolute atomic E-state index is 0.0350. The molecule has 11 heteroatoms. The number of thiophene rings is 1. The van der Waals surface area contributed by atoms with Gasteiger partial charge in [-0.3, -0.25) is 9.59 Å². The number of aromatic nitrogens is 1. The number of hydrogen-bond acceptors (Lipinski definition) is 7. The number of carbonyl (C=O) groups excluding carboxylic acids is 2. The molecule has 5 N–H and O–H groups in total. The molecule has 44 heavy (non-hydrogen) atoms. The lowest BCUT2D eigenvalue weighted by Gasteiger charge is -2.18. The summed E-state index contributed by atoms with van der Waals surface area (Å²) in [5, 5.41) is 18.1. The molecular formula is C33H35ClN4O5S. The third-order valence-electron chi connectivity index (χ3n) is 6.96. The van der Waals surface area contributed by atoms with Gasteiger partial charge in [-0.2, -0.15) is 0 Å². The van der Waals surface area contributed by atoms with Crippen molar-refractivity contribution in [2.24, 2.45) is 5.73 Å². The topological polar surface area (TPSA) is 144 Å². The maximum Gasteiger partial charge on any atom is 0.355 e. The third kappa shape index (κ3) is 6.77. The molecule has 1 aliphatic rings. The highest BCUT2D eigenvalue weighted by Crippen LogP contribution is 2.43. The summed E-state index contributed by atoms with van der Waals surface area (Å²) in [6, 6.07) is 11.9. The Kier molecular flexibility index (Phi) is 10.7. The molecule has 0 aliphatic carbocycles. The Bertz CT molecular complexity index is 1700. The maximum atomic E-state index is 14.0. The van der Waals surface area contributed by atoms with Crippen molar-refractivity contribution in [1.29, 1.82) is 0 Å². The Labute approximate surface area is 265 Å². The van der Waals surface area contributed by atoms with Crippen molar-refractivity contribution in [1.82, 2.24) is 10.3 Å². The molecule has 0 saturated carbocycles. The molecule has 0 unspecified atom stereocenters. The predicted octanol–water partition coefficient (Wildman–Crippen LogP) is 6.95. The average molecular weight is 635 g/mol. The lowest BCUT2D eigenvalue weighted by molar-refractivity contribution is 0.0691. The zero-order valence-electron chi connectivity index (χ0n) is 25.0. The average Bonchev–Trinajstić information content (AvgIpc) is 3.43. The van der Waals surface area contributed by atoms with Crippen LogP contribution >= 0.6 is 22.9 Å². The summed E-state index contributed by atoms with van der Waals surface area (Å²) in [5.74, 6) is -1.80. The molecule has 1 aliphatic heterocycles. The van der Waals surface area contributed by atoms with Crippen LogP contribution in [-0.4, -0.2) is 41.0 Å². The summed E-state index contributed by atoms with van der Waals surface area (Å²) in [6.07, 6.45) is 1.41. The van der Waals surface area contributed by atoms with E-state index in [0.717, 1.165) is 27.1 Å². The van der Waals surface area contributed by atoms with Gasteiger partial charge in [0.05, 0.1) is 17.3 Å². The Morgan fingerprint density at radius 3 is 2.52 bits per heavy atom. The molecule has 230 valence electrons. The molecule has 0 spiro atoms. The second-order valence-electron chi connectivity index (χ2n) is 9.85. The molecular weight excluding hydrogens is 600 g/mol. The third-order valence-corrected chi connectivity index (χ3v) is 8.25. The van der Waals surface area contributed by atoms with Crippen molar-refractivity contribution in [2.75, 3.05) is 18.5 Å². The van der Waals surface area contributed by atoms with Gasteiger partial charge in [-0.05, 0) is 71.8 Å². The number of nitrogens with two attached hydrogens (primary N) is 1. The van der Waals surface area contributed by atoms with Gasteiger partial charge in [0.15, 0.2) is 5.69 Å². The highest BCUT2D eigenvalue weighted by Gasteiger charge is 2.27. The second kappa shape index (κ2) is 14.5. The second-order valence-corrected chi connectivity index (χ2v) is 11.2. The number of benzene rings is 2. The van der Waals surface area contributed by atoms with Crippen molar-refractivity contribution in [3.05, 3.63) is 86.5 Å². The van der Waals surface area contributed by atoms with E-state index in [1.807, 2.05) is 45.2 Å². The van der Waals surface area contributed by atoms with E-state index in [4.69, 9.17) is 22.1 Å². The van der Waals surface area contributed by atoms with Crippen LogP contribution in [0.2, 0.25) is 5.02 Å². The Morgan fingerprint density at radius 1 is 1.07 bits per heavy atom. The van der Waals surface area contributed by atoms with Crippen LogP contribution in [-0.2, 0) is 13.0 Å². The number of pyridine rings is 1. The maximum absolute atomic E-state index is 14.0. The number of carbonyl (C=O) groups is 3. The fraction of sp³-hybridized carbons (Fsp3) is 0.273. The van der Waals surface area contributed by atoms with Crippen molar-refractivity contribution >= 4 is 46.4 Å². The van der Waals surface area contributed by atoms with Gasteiger partial charge in [0.1, 0.15) is 11.4 Å². The number of aryl methyl sites for hydroxylation is 1. The minimum Gasteiger partial charge on any atom is -0.493 e. The number of carboxylic acid groups (broad SMARTS) is 1. The monoisotopic (exact) mass is 634 g/mol. The van der Waals surface area contributed by atoms with Crippen molar-refractivity contribution in [2.45, 2.75) is 47.1 Å². The summed E-state index contributed by atoms with van der Waals surface area (Å²) in [5.41, 5.74) is 9.85. The summed E-state index contributed by atoms with van der Waals surface area (Å²) >= 11 is 8.07. The molecule has 2 aromatic heterocycles. The van der Waals surface area contributed by atoms with E-state index >= 15 is 0 Å². The van der Waals surface area contributed by atoms with Gasteiger partial charge in [-0.1, -0.05) is 38.4 Å². The van der Waals surface area contributed by atoms with E-state index in [1.54, 1.807) is 29.5 Å². The number of fused-ring (bicyclic) bond motifs is 3. The van der Waals surface area contributed by atoms with E-state index in [1.165, 1.54) is 12.1 Å². The first-order valence-corrected chi connectivity index (χ1v) is 15.7. The highest BCUT2D eigenvalue weighted by atomic mass is 35.5. The molecule has 2 amide bonds. The Morgan fingerprint density at radius 2 is 1.84 bits per heavy atom. The van der Waals surface area contributed by atoms with Crippen LogP contribution in [0.5, 0.6) is 5.75 Å². The molecule has 9 nitrogen and oxygen atoms in total. The lowest BCUT2D eigenvalue weighted by Crippen LogP contribution is -2.25. The van der Waals surface area contributed by atoms with Crippen LogP contribution in [0.4, 0.5) is 5.69 Å². The number of ether oxygens (including phenoxy) is 1. The number of halogens is 1. The quantitative estimate of drug-likeness (QED) is 0.164. The van der Waals surface area contributed by atoms with Crippen LogP contribution in [0.15, 0.2) is 47.8 Å². The zero-order valence-corrected chi connectivity index (χ0v) is 26.6. The SMILES string of the molecule is CC.CCCNC(=O)c1ccc(-c2cc3c(cc2C(=O)Nc2c(C)cc(CN)cc2Cl)-c2sccc2CCO3)c(C(=O)O)n1. The number of aromatic carboxylic acids is 1. The van der Waals surface area contributed by atoms with Crippen LogP contribution < -0.4 is 21.1 Å². The normalized spacial score (nSPS) is 11.6. The molecule has 4 aromatic rings. The number of carboxylic acids is 1. The Hall–Kier alpha value is -4.25. The molecule has 2 aromatic carbocycles. The first-order chi connectivity index (χ1) is 21.2. The molecule has 5 rings (SSSR count). The van der Waals surface area contributed by atoms with Crippen LogP contribution in [0, 0.1) is 6.92 Å². The summed E-state index contributed by atoms with van der Waals surface area (Å²) in [6.45, 7) is 8.87. The molecule has 3 heterocycles. The smallest absolute Gasteiger partial charge is 0.355 e. The number of rotatable bonds is 8. The lowest BCUT2D eigenvalue weighted by atomic mass is 9.93. The van der Waals surface area contributed by atoms with Crippen LogP contribution in [0.1, 0.15) is 75.2 Å². The first kappa shape index (κ1) is 32.7. The number of nitrogens with one attached hydrogen (secondary N) is 2. The van der Waals surface area contributed by atoms with E-state index < -0.39 is 17.8 Å². The summed E-state index contributed by atoms with van der Waals surface area (Å²) in [7, 11) is 0. The van der Waals surface area contributed by atoms with Gasteiger partial charge in [-0.25, -0.2) is 9.78 Å². The molecule has 0 radical (unpaired) electrons. The Balaban J connectivity index is 0.00000216. The van der Waals surface area contributed by atoms with Gasteiger partial charge in [0.2, 0.25) is 0 Å². The fourth-order valence-corrected chi connectivity index (χ4v) is 6.21. The number of hydrogen-bond donors (Lipinski definition) is 4. The van der Waals surface area contributed by atoms with Gasteiger partial charge < -0.3 is 26.2 Å². The van der Waals surface area contributed by atoms with Gasteiger partial charge in [0, 0.05) is 46.6 Å². The van der Waals surface area contributed by atoms with Crippen LogP contribution in [0.3, 0.4) is 0 Å². The summed E-state index contributed by atoms with van der Waals surface area (Å²) < 4.78 is 6.08. The van der Waals surface area contributed by atoms with E-state index in [2.05, 4.69) is 15.6 Å². The van der Waals surface area contributed by atoms with Crippen molar-refractivity contribution in [3.8, 4) is 27.3 Å². The number of nitrogens with zero attached hydrogens (tertiary/aromatic N) is 1. The predicted molar refractivity (Wildman–Crippen MR) is 175 cm³/mol. The largest absolute Gasteiger partial charge is 0.493 e. The van der Waals surface area contributed by atoms with Gasteiger partial charge >= 0.3 is 5.97 Å². The number of amides is 2. The first-order valence-electron chi connectivity index (χ1n) is 14.4. The van der Waals surface area contributed by atoms with Crippen molar-refractivity contribution < 1.29 is 24.2 Å². The van der Waals surface area contributed by atoms with E-state index in [9.17, 15) is 19.5 Å². The molecule has 0 fully saturated rings. The molecule has 0 bridgehead atoms. The summed E-state index contributed by atoms with van der Waals surface area (Å²) in [4.78, 5) is 44.1. The van der Waals surface area contributed by atoms with Crippen molar-refractivity contribution in [3.63, 3.8) is 0 Å². The standard InChI is InChI=1S/C31H29ClN4O5S.C2H6/c1-3-8-34-30(38)24-5-4-19(27(35-24)31(39)40)20-14-25-22(28-18(6-9-41-25)7-10-42-28)13-21(20)29(37)36-26-16(2)11-17(15-33)12-23(26)32;1-2/h4-5,7,10-14H,3,6,8-9,15,33H2,1-2H3,(H,34,38)(H,36,37)(H,39,40);1-2H3. The number of anilines is 1. The van der Waals surface area contributed by atoms with Gasteiger partial charge in [0.25, 0.3) is 11.8 Å². The zero-order chi connectivity index (χ0) is 32.0. The molecule has 0 atom stereocenters. The highest BCUT2D eigenvalue weighted by molar-refractivity contribution is 7.13. The fourth-order valence-electron chi connectivity index (χ4n) is 4.89. The van der Waals surface area contributed by atoms with Crippen LogP contribution in [0.25, 0.3) is 21.6 Å². The molecule has 0 saturated heterocycles.